The van der Waals surface area contributed by atoms with Gasteiger partial charge in [-0.15, -0.1) is 0 Å². The summed E-state index contributed by atoms with van der Waals surface area (Å²) in [6.45, 7) is 8.41. The van der Waals surface area contributed by atoms with Gasteiger partial charge in [-0.3, -0.25) is 4.21 Å². The molecule has 0 radical (unpaired) electrons. The van der Waals surface area contributed by atoms with Gasteiger partial charge in [-0.2, -0.15) is 0 Å². The van der Waals surface area contributed by atoms with Crippen LogP contribution < -0.4 is 5.32 Å². The fraction of sp³-hybridized carbons (Fsp3) is 1.00. The first-order valence-electron chi connectivity index (χ1n) is 7.09. The Labute approximate surface area is 115 Å². The normalized spacial score (nSPS) is 29.1. The summed E-state index contributed by atoms with van der Waals surface area (Å²) < 4.78 is 17.5. The average Bonchev–Trinajstić information content (AvgIpc) is 2.31. The summed E-state index contributed by atoms with van der Waals surface area (Å²) >= 11 is 0. The molecule has 3 unspecified atom stereocenters. The molecule has 0 aromatic heterocycles. The number of methoxy groups -OCH3 is 1. The summed E-state index contributed by atoms with van der Waals surface area (Å²) in [6.07, 6.45) is 4.36. The number of ether oxygens (including phenoxy) is 1. The second-order valence-corrected chi connectivity index (χ2v) is 7.82. The van der Waals surface area contributed by atoms with Crippen molar-refractivity contribution in [1.29, 1.82) is 0 Å². The average molecular weight is 275 g/mol. The topological polar surface area (TPSA) is 38.3 Å². The molecule has 0 aromatic carbocycles. The summed E-state index contributed by atoms with van der Waals surface area (Å²) in [4.78, 5) is 0. The first kappa shape index (κ1) is 16.1. The van der Waals surface area contributed by atoms with E-state index in [1.807, 2.05) is 0 Å². The van der Waals surface area contributed by atoms with Gasteiger partial charge in [0.1, 0.15) is 0 Å². The van der Waals surface area contributed by atoms with Crippen LogP contribution in [0.15, 0.2) is 0 Å². The molecular weight excluding hydrogens is 246 g/mol. The molecule has 0 aromatic rings. The third-order valence-electron chi connectivity index (χ3n) is 3.83. The first-order chi connectivity index (χ1) is 8.50. The molecule has 108 valence electrons. The third-order valence-corrected chi connectivity index (χ3v) is 5.69. The van der Waals surface area contributed by atoms with E-state index in [1.165, 1.54) is 6.42 Å². The van der Waals surface area contributed by atoms with Gasteiger partial charge in [0, 0.05) is 36.3 Å². The molecule has 0 amide bonds. The van der Waals surface area contributed by atoms with Gasteiger partial charge >= 0.3 is 0 Å². The second kappa shape index (κ2) is 7.61. The highest BCUT2D eigenvalue weighted by Crippen LogP contribution is 2.37. The van der Waals surface area contributed by atoms with Crippen molar-refractivity contribution in [1.82, 2.24) is 5.32 Å². The van der Waals surface area contributed by atoms with Gasteiger partial charge < -0.3 is 10.1 Å². The lowest BCUT2D eigenvalue weighted by Crippen LogP contribution is -2.48. The van der Waals surface area contributed by atoms with Crippen LogP contribution in [-0.4, -0.2) is 41.5 Å². The van der Waals surface area contributed by atoms with E-state index in [0.717, 1.165) is 31.6 Å². The van der Waals surface area contributed by atoms with Gasteiger partial charge in [0.15, 0.2) is 0 Å². The maximum absolute atomic E-state index is 12.5. The molecule has 0 heterocycles. The molecule has 0 saturated heterocycles. The summed E-state index contributed by atoms with van der Waals surface area (Å²) in [7, 11) is 0.974. The molecule has 0 aliphatic heterocycles. The van der Waals surface area contributed by atoms with Gasteiger partial charge in [0.2, 0.25) is 0 Å². The lowest BCUT2D eigenvalue weighted by molar-refractivity contribution is 0.198. The largest absolute Gasteiger partial charge is 0.385 e. The van der Waals surface area contributed by atoms with E-state index in [2.05, 4.69) is 26.1 Å². The number of hydrogen-bond acceptors (Lipinski definition) is 3. The van der Waals surface area contributed by atoms with Crippen molar-refractivity contribution < 1.29 is 8.95 Å². The molecule has 1 saturated carbocycles. The van der Waals surface area contributed by atoms with Gasteiger partial charge in [0.25, 0.3) is 0 Å². The molecule has 18 heavy (non-hydrogen) atoms. The predicted molar refractivity (Wildman–Crippen MR) is 78.4 cm³/mol. The zero-order valence-electron chi connectivity index (χ0n) is 12.3. The van der Waals surface area contributed by atoms with E-state index in [1.54, 1.807) is 7.11 Å². The highest BCUT2D eigenvalue weighted by molar-refractivity contribution is 7.85. The highest BCUT2D eigenvalue weighted by Gasteiger charge is 2.37. The Balaban J connectivity index is 2.57. The van der Waals surface area contributed by atoms with E-state index in [9.17, 15) is 4.21 Å². The van der Waals surface area contributed by atoms with Crippen LogP contribution in [0.5, 0.6) is 0 Å². The molecule has 4 heteroatoms. The molecule has 1 aliphatic rings. The molecule has 0 spiro atoms. The molecule has 1 fully saturated rings. The fourth-order valence-corrected chi connectivity index (χ4v) is 4.73. The highest BCUT2D eigenvalue weighted by atomic mass is 32.2. The van der Waals surface area contributed by atoms with Crippen molar-refractivity contribution in [2.75, 3.05) is 26.0 Å². The van der Waals surface area contributed by atoms with Crippen LogP contribution >= 0.6 is 0 Å². The molecule has 1 aliphatic carbocycles. The van der Waals surface area contributed by atoms with Gasteiger partial charge in [-0.05, 0) is 37.6 Å². The standard InChI is InChI=1S/C14H29NO2S/c1-5-15-12-7-8-14(2,3)11-13(12)18(16)10-6-9-17-4/h12-13,15H,5-11H2,1-4H3. The SMILES string of the molecule is CCNC1CCC(C)(C)CC1S(=O)CCCOC. The quantitative estimate of drug-likeness (QED) is 0.725. The Bertz CT molecular complexity index is 269. The Morgan fingerprint density at radius 2 is 2.17 bits per heavy atom. The molecular formula is C14H29NO2S. The van der Waals surface area contributed by atoms with Crippen LogP contribution in [0.4, 0.5) is 0 Å². The van der Waals surface area contributed by atoms with Gasteiger partial charge in [0.05, 0.1) is 5.25 Å². The minimum Gasteiger partial charge on any atom is -0.385 e. The maximum Gasteiger partial charge on any atom is 0.0506 e. The van der Waals surface area contributed by atoms with Crippen LogP contribution in [0.3, 0.4) is 0 Å². The minimum absolute atomic E-state index is 0.311. The van der Waals surface area contributed by atoms with Crippen LogP contribution in [0.1, 0.15) is 46.5 Å². The zero-order valence-corrected chi connectivity index (χ0v) is 13.1. The van der Waals surface area contributed by atoms with Crippen molar-refractivity contribution in [2.24, 2.45) is 5.41 Å². The van der Waals surface area contributed by atoms with Crippen molar-refractivity contribution in [3.05, 3.63) is 0 Å². The monoisotopic (exact) mass is 275 g/mol. The third kappa shape index (κ3) is 4.98. The van der Waals surface area contributed by atoms with Crippen LogP contribution in [0.25, 0.3) is 0 Å². The maximum atomic E-state index is 12.5. The molecule has 0 bridgehead atoms. The summed E-state index contributed by atoms with van der Waals surface area (Å²) in [6, 6.07) is 0.436. The first-order valence-corrected chi connectivity index (χ1v) is 8.48. The number of rotatable bonds is 7. The van der Waals surface area contributed by atoms with Gasteiger partial charge in [-0.25, -0.2) is 0 Å². The zero-order chi connectivity index (χ0) is 13.6. The van der Waals surface area contributed by atoms with E-state index in [-0.39, 0.29) is 0 Å². The minimum atomic E-state index is -0.729. The van der Waals surface area contributed by atoms with Gasteiger partial charge in [-0.1, -0.05) is 20.8 Å². The van der Waals surface area contributed by atoms with Crippen LogP contribution in [0, 0.1) is 5.41 Å². The molecule has 1 N–H and O–H groups in total. The predicted octanol–water partition coefficient (Wildman–Crippen LogP) is 2.33. The molecule has 3 nitrogen and oxygen atoms in total. The van der Waals surface area contributed by atoms with E-state index in [4.69, 9.17) is 4.74 Å². The Hall–Kier alpha value is 0.0700. The van der Waals surface area contributed by atoms with Crippen molar-refractivity contribution in [2.45, 2.75) is 57.7 Å². The van der Waals surface area contributed by atoms with Crippen LogP contribution in [-0.2, 0) is 15.5 Å². The fourth-order valence-electron chi connectivity index (χ4n) is 2.79. The lowest BCUT2D eigenvalue weighted by Gasteiger charge is -2.40. The lowest BCUT2D eigenvalue weighted by atomic mass is 9.75. The Morgan fingerprint density at radius 1 is 1.44 bits per heavy atom. The second-order valence-electron chi connectivity index (χ2n) is 6.04. The van der Waals surface area contributed by atoms with Crippen molar-refractivity contribution in [3.8, 4) is 0 Å². The molecule has 1 rings (SSSR count). The van der Waals surface area contributed by atoms with E-state index in [0.29, 0.717) is 23.3 Å². The van der Waals surface area contributed by atoms with E-state index >= 15 is 0 Å². The Morgan fingerprint density at radius 3 is 2.78 bits per heavy atom. The smallest absolute Gasteiger partial charge is 0.0506 e. The van der Waals surface area contributed by atoms with Crippen molar-refractivity contribution >= 4 is 10.8 Å². The summed E-state index contributed by atoms with van der Waals surface area (Å²) in [5, 5.41) is 3.83. The van der Waals surface area contributed by atoms with Crippen LogP contribution in [0.2, 0.25) is 0 Å². The molecule has 3 atom stereocenters. The van der Waals surface area contributed by atoms with Crippen molar-refractivity contribution in [3.63, 3.8) is 0 Å². The number of hydrogen-bond donors (Lipinski definition) is 1. The Kier molecular flexibility index (Phi) is 6.82. The van der Waals surface area contributed by atoms with E-state index < -0.39 is 10.8 Å². The summed E-state index contributed by atoms with van der Waals surface area (Å²) in [5.74, 6) is 0.774. The summed E-state index contributed by atoms with van der Waals surface area (Å²) in [5.41, 5.74) is 0.341. The number of nitrogens with one attached hydrogen (secondary N) is 1.